The molecule has 0 aliphatic rings. The fourth-order valence-corrected chi connectivity index (χ4v) is 8.15. The molecular formula is C16H18N2OSe2. The summed E-state index contributed by atoms with van der Waals surface area (Å²) in [7, 11) is 1.75. The number of para-hydroxylation sites is 1. The van der Waals surface area contributed by atoms with Crippen molar-refractivity contribution in [2.24, 2.45) is 0 Å². The molecule has 0 saturated carbocycles. The number of methoxy groups -OCH3 is 1. The first-order valence-corrected chi connectivity index (χ1v) is 10.8. The van der Waals surface area contributed by atoms with E-state index >= 15 is 0 Å². The molecule has 0 bridgehead atoms. The second-order valence-electron chi connectivity index (χ2n) is 4.72. The molecule has 0 radical (unpaired) electrons. The third-order valence-electron chi connectivity index (χ3n) is 3.30. The number of unbranched alkanes of at least 4 members (excludes halogenated alkanes) is 1. The van der Waals surface area contributed by atoms with Crippen LogP contribution in [0.15, 0.2) is 36.7 Å². The summed E-state index contributed by atoms with van der Waals surface area (Å²) in [6.45, 7) is 2.26. The Bertz CT molecular complexity index is 733. The average molecular weight is 412 g/mol. The van der Waals surface area contributed by atoms with Crippen molar-refractivity contribution < 1.29 is 4.74 Å². The van der Waals surface area contributed by atoms with Crippen molar-refractivity contribution in [1.82, 2.24) is 9.38 Å². The van der Waals surface area contributed by atoms with Crippen LogP contribution < -0.4 is 9.33 Å². The van der Waals surface area contributed by atoms with Crippen molar-refractivity contribution >= 4 is 38.6 Å². The van der Waals surface area contributed by atoms with Gasteiger partial charge in [0.1, 0.15) is 0 Å². The molecule has 110 valence electrons. The molecule has 5 heteroatoms. The normalized spacial score (nSPS) is 11.1. The average Bonchev–Trinajstić information content (AvgIpc) is 3.09. The van der Waals surface area contributed by atoms with Gasteiger partial charge in [-0.25, -0.2) is 0 Å². The fourth-order valence-electron chi connectivity index (χ4n) is 2.21. The number of imidazole rings is 1. The zero-order valence-corrected chi connectivity index (χ0v) is 15.6. The zero-order valence-electron chi connectivity index (χ0n) is 12.2. The van der Waals surface area contributed by atoms with E-state index in [0.29, 0.717) is 15.0 Å². The van der Waals surface area contributed by atoms with Gasteiger partial charge >= 0.3 is 137 Å². The molecule has 0 N–H and O–H groups in total. The van der Waals surface area contributed by atoms with Crippen LogP contribution in [0.3, 0.4) is 0 Å². The van der Waals surface area contributed by atoms with E-state index < -0.39 is 0 Å². The van der Waals surface area contributed by atoms with Gasteiger partial charge in [0, 0.05) is 0 Å². The molecule has 1 aromatic carbocycles. The van der Waals surface area contributed by atoms with Gasteiger partial charge in [-0.05, 0) is 0 Å². The third-order valence-corrected chi connectivity index (χ3v) is 8.72. The molecule has 3 nitrogen and oxygen atoms in total. The summed E-state index contributed by atoms with van der Waals surface area (Å²) in [5.41, 5.74) is 1.25. The second-order valence-corrected chi connectivity index (χ2v) is 9.04. The number of ether oxygens (including phenoxy) is 1. The minimum atomic E-state index is 0.279. The monoisotopic (exact) mass is 414 g/mol. The van der Waals surface area contributed by atoms with E-state index in [9.17, 15) is 0 Å². The van der Waals surface area contributed by atoms with Crippen molar-refractivity contribution in [3.8, 4) is 15.8 Å². The Morgan fingerprint density at radius 1 is 1.33 bits per heavy atom. The van der Waals surface area contributed by atoms with Gasteiger partial charge in [-0.1, -0.05) is 0 Å². The maximum absolute atomic E-state index is 5.56. The summed E-state index contributed by atoms with van der Waals surface area (Å²) >= 11 is 0.779. The van der Waals surface area contributed by atoms with E-state index in [1.807, 2.05) is 12.3 Å². The maximum atomic E-state index is 5.56. The molecule has 2 heterocycles. The number of benzene rings is 1. The van der Waals surface area contributed by atoms with E-state index in [1.165, 1.54) is 37.3 Å². The van der Waals surface area contributed by atoms with Crippen molar-refractivity contribution in [2.45, 2.75) is 25.1 Å². The van der Waals surface area contributed by atoms with Gasteiger partial charge in [0.05, 0.1) is 0 Å². The summed E-state index contributed by atoms with van der Waals surface area (Å²) < 4.78 is 12.0. The molecule has 0 atom stereocenters. The minimum absolute atomic E-state index is 0.279. The topological polar surface area (TPSA) is 26.5 Å². The number of nitrogens with zero attached hydrogens (tertiary/aromatic N) is 2. The Morgan fingerprint density at radius 2 is 2.19 bits per heavy atom. The Morgan fingerprint density at radius 3 is 3.00 bits per heavy atom. The number of hydrogen-bond donors (Lipinski definition) is 0. The molecule has 0 fully saturated rings. The van der Waals surface area contributed by atoms with Crippen molar-refractivity contribution in [3.05, 3.63) is 36.7 Å². The zero-order chi connectivity index (χ0) is 14.7. The van der Waals surface area contributed by atoms with Gasteiger partial charge in [0.2, 0.25) is 0 Å². The number of hydrogen-bond acceptors (Lipinski definition) is 2. The molecule has 0 amide bonds. The predicted molar refractivity (Wildman–Crippen MR) is 89.2 cm³/mol. The predicted octanol–water partition coefficient (Wildman–Crippen LogP) is 2.61. The number of rotatable bonds is 6. The summed E-state index contributed by atoms with van der Waals surface area (Å²) in [4.78, 5) is 4.52. The molecule has 0 spiro atoms. The van der Waals surface area contributed by atoms with E-state index in [2.05, 4.69) is 40.7 Å². The second kappa shape index (κ2) is 6.85. The van der Waals surface area contributed by atoms with Gasteiger partial charge in [-0.15, -0.1) is 0 Å². The molecule has 0 saturated heterocycles. The molecule has 0 aliphatic carbocycles. The molecule has 2 aromatic heterocycles. The van der Waals surface area contributed by atoms with Gasteiger partial charge in [-0.2, -0.15) is 0 Å². The van der Waals surface area contributed by atoms with Crippen molar-refractivity contribution in [1.29, 1.82) is 0 Å². The molecule has 0 aliphatic heterocycles. The number of aromatic nitrogens is 2. The number of fused-ring (bicyclic) bond motifs is 1. The van der Waals surface area contributed by atoms with Crippen LogP contribution in [-0.4, -0.2) is 46.0 Å². The van der Waals surface area contributed by atoms with Crippen LogP contribution in [0.2, 0.25) is 5.32 Å². The van der Waals surface area contributed by atoms with Gasteiger partial charge < -0.3 is 0 Å². The fraction of sp³-hybridized carbons (Fsp3) is 0.312. The first-order valence-electron chi connectivity index (χ1n) is 7.07. The van der Waals surface area contributed by atoms with Gasteiger partial charge in [-0.3, -0.25) is 0 Å². The third kappa shape index (κ3) is 2.97. The van der Waals surface area contributed by atoms with Crippen LogP contribution in [0.25, 0.3) is 14.5 Å². The SMILES string of the molecule is CCCC[Se]c1c(-c2ccccc2OC)[se]c2nccn12. The van der Waals surface area contributed by atoms with Crippen LogP contribution in [0.5, 0.6) is 5.75 Å². The summed E-state index contributed by atoms with van der Waals surface area (Å²) in [5, 5.41) is 1.30. The first-order chi connectivity index (χ1) is 10.3. The Kier molecular flexibility index (Phi) is 4.87. The van der Waals surface area contributed by atoms with E-state index in [1.54, 1.807) is 7.11 Å². The van der Waals surface area contributed by atoms with Crippen LogP contribution in [0.1, 0.15) is 19.8 Å². The summed E-state index contributed by atoms with van der Waals surface area (Å²) in [5.74, 6) is 0.976. The molecule has 0 unspecified atom stereocenters. The standard InChI is InChI=1S/C16H18N2OSe2/c1-3-4-11-20-15-14(21-16-17-9-10-18(15)16)12-7-5-6-8-13(12)19-2/h5-10H,3-4,11H2,1-2H3. The quantitative estimate of drug-likeness (QED) is 0.460. The molecule has 21 heavy (non-hydrogen) atoms. The Hall–Kier alpha value is -0.991. The van der Waals surface area contributed by atoms with Crippen LogP contribution >= 0.6 is 0 Å². The first kappa shape index (κ1) is 14.9. The molecule has 3 rings (SSSR count). The summed E-state index contributed by atoms with van der Waals surface area (Å²) in [6, 6.07) is 8.36. The summed E-state index contributed by atoms with van der Waals surface area (Å²) in [6.07, 6.45) is 6.61. The van der Waals surface area contributed by atoms with E-state index in [0.717, 1.165) is 5.75 Å². The van der Waals surface area contributed by atoms with E-state index in [4.69, 9.17) is 4.74 Å². The molecular weight excluding hydrogens is 394 g/mol. The Balaban J connectivity index is 2.08. The van der Waals surface area contributed by atoms with Crippen LogP contribution in [-0.2, 0) is 0 Å². The van der Waals surface area contributed by atoms with Gasteiger partial charge in [0.25, 0.3) is 0 Å². The van der Waals surface area contributed by atoms with Gasteiger partial charge in [0.15, 0.2) is 0 Å². The van der Waals surface area contributed by atoms with Crippen LogP contribution in [0, 0.1) is 0 Å². The molecule has 3 aromatic rings. The van der Waals surface area contributed by atoms with Crippen LogP contribution in [0.4, 0.5) is 0 Å². The Labute approximate surface area is 137 Å². The van der Waals surface area contributed by atoms with E-state index in [-0.39, 0.29) is 14.5 Å². The van der Waals surface area contributed by atoms with Crippen molar-refractivity contribution in [2.75, 3.05) is 7.11 Å². The van der Waals surface area contributed by atoms with Crippen molar-refractivity contribution in [3.63, 3.8) is 0 Å².